The fourth-order valence-electron chi connectivity index (χ4n) is 0. The van der Waals surface area contributed by atoms with Crippen molar-refractivity contribution in [3.8, 4) is 0 Å². The van der Waals surface area contributed by atoms with E-state index in [1.807, 2.05) is 0 Å². The third-order valence-corrected chi connectivity index (χ3v) is 0.0833. The molecule has 0 aromatic rings. The number of hydrogen-bond acceptors (Lipinski definition) is 3. The van der Waals surface area contributed by atoms with Gasteiger partial charge in [-0.2, -0.15) is 0 Å². The molecule has 0 heterocycles. The normalized spacial score (nSPS) is 4.12. The van der Waals surface area contributed by atoms with E-state index in [1.165, 1.54) is 13.6 Å². The first-order valence-corrected chi connectivity index (χ1v) is 1.24. The van der Waals surface area contributed by atoms with Gasteiger partial charge in [0.05, 0.1) is 0 Å². The van der Waals surface area contributed by atoms with E-state index in [-0.39, 0.29) is 31.1 Å². The minimum atomic E-state index is 0. The van der Waals surface area contributed by atoms with Crippen molar-refractivity contribution in [3.05, 3.63) is 0 Å². The smallest absolute Gasteiger partial charge is 0.665 e. The summed E-state index contributed by atoms with van der Waals surface area (Å²) < 4.78 is 3.74. The summed E-state index contributed by atoms with van der Waals surface area (Å²) in [6, 6.07) is 0. The fourth-order valence-corrected chi connectivity index (χ4v) is 0. The van der Waals surface area contributed by atoms with Gasteiger partial charge in [0.1, 0.15) is 0 Å². The van der Waals surface area contributed by atoms with Crippen molar-refractivity contribution in [3.63, 3.8) is 0 Å². The summed E-state index contributed by atoms with van der Waals surface area (Å²) in [5, 5.41) is 6.76. The summed E-state index contributed by atoms with van der Waals surface area (Å²) in [5.41, 5.74) is 0. The third kappa shape index (κ3) is 152. The van der Waals surface area contributed by atoms with E-state index in [4.69, 9.17) is 14.7 Å². The van der Waals surface area contributed by atoms with Crippen LogP contribution in [0.5, 0.6) is 0 Å². The second kappa shape index (κ2) is 28.0. The predicted molar refractivity (Wildman–Crippen MR) is 21.0 cm³/mol. The average Bonchev–Trinajstić information content (AvgIpc) is 1.69. The van der Waals surface area contributed by atoms with Crippen molar-refractivity contribution in [1.82, 2.24) is 0 Å². The van der Waals surface area contributed by atoms with E-state index in [1.54, 1.807) is 0 Å². The van der Waals surface area contributed by atoms with Gasteiger partial charge < -0.3 is 19.4 Å². The van der Waals surface area contributed by atoms with Crippen molar-refractivity contribution in [1.29, 1.82) is 0 Å². The Hall–Kier alpha value is -0.00805. The first-order chi connectivity index (χ1) is 3.33. The number of rotatable bonds is 1. The second-order valence-electron chi connectivity index (χ2n) is 0.379. The van der Waals surface area contributed by atoms with Crippen molar-refractivity contribution in [2.45, 2.75) is 0 Å². The molecule has 0 amide bonds. The summed E-state index contributed by atoms with van der Waals surface area (Å²) >= 11 is 0. The van der Waals surface area contributed by atoms with Gasteiger partial charge in [-0.05, 0) is 0 Å². The van der Waals surface area contributed by atoms with Crippen LogP contribution in [-0.2, 0) is 14.3 Å². The van der Waals surface area contributed by atoms with Gasteiger partial charge in [0.25, 0.3) is 0 Å². The molecule has 0 spiro atoms. The molecule has 0 bridgehead atoms. The first kappa shape index (κ1) is 15.7. The molecule has 0 aliphatic carbocycles. The Morgan fingerprint density at radius 1 is 1.50 bits per heavy atom. The zero-order chi connectivity index (χ0) is 6.12. The third-order valence-electron chi connectivity index (χ3n) is 0.0833. The van der Waals surface area contributed by atoms with E-state index in [9.17, 15) is 0 Å². The standard InChI is InChI=1S/C2H3O2.CHO2.U/c1-4-2-3;2-1-3;/h1H3;(H,2,3);/q2*-1;+2. The Morgan fingerprint density at radius 3 is 1.62 bits per heavy atom. The fraction of sp³-hybridized carbons (Fsp3) is 0.333. The van der Waals surface area contributed by atoms with Crippen LogP contribution in [0.3, 0.4) is 0 Å². The van der Waals surface area contributed by atoms with Crippen LogP contribution in [-0.4, -0.2) is 25.2 Å². The van der Waals surface area contributed by atoms with E-state index in [0.29, 0.717) is 6.47 Å². The van der Waals surface area contributed by atoms with Gasteiger partial charge >= 0.3 is 31.1 Å². The minimum Gasteiger partial charge on any atom is -0.665 e. The Bertz CT molecular complexity index is 46.5. The maximum atomic E-state index is 8.83. The number of hydrogen-bond donors (Lipinski definition) is 1. The van der Waals surface area contributed by atoms with Gasteiger partial charge in [-0.25, -0.2) is 0 Å². The first-order valence-electron chi connectivity index (χ1n) is 1.24. The summed E-state index contributed by atoms with van der Waals surface area (Å²) in [4.78, 5) is 17.1. The molecule has 0 saturated heterocycles. The molecule has 1 N–H and O–H groups in total. The molecular weight excluding hydrogens is 338 g/mol. The molecule has 44 valence electrons. The van der Waals surface area contributed by atoms with Crippen molar-refractivity contribution >= 4 is 12.9 Å². The SMILES string of the molecule is CO[C-]=O.O=[C-]O.[U+2]. The molecule has 5 heteroatoms. The average molecular weight is 342 g/mol. The molecule has 0 fully saturated rings. The van der Waals surface area contributed by atoms with Gasteiger partial charge in [-0.15, -0.1) is 0 Å². The van der Waals surface area contributed by atoms with Crippen LogP contribution in [0.15, 0.2) is 0 Å². The van der Waals surface area contributed by atoms with E-state index < -0.39 is 0 Å². The maximum Gasteiger partial charge on any atom is 2.00 e. The molecule has 0 aromatic carbocycles. The molecule has 0 aliphatic rings. The van der Waals surface area contributed by atoms with E-state index >= 15 is 0 Å². The van der Waals surface area contributed by atoms with Gasteiger partial charge in [-0.3, -0.25) is 0 Å². The summed E-state index contributed by atoms with van der Waals surface area (Å²) in [7, 11) is 1.26. The van der Waals surface area contributed by atoms with E-state index in [2.05, 4.69) is 4.74 Å². The predicted octanol–water partition coefficient (Wildman–Crippen LogP) is -0.688. The monoisotopic (exact) mass is 342 g/mol. The molecule has 0 radical (unpaired) electrons. The number of aliphatic hydroxyl groups excluding tert-OH is 1. The Labute approximate surface area is 70.6 Å². The molecule has 8 heavy (non-hydrogen) atoms. The molecule has 0 rings (SSSR count). The maximum absolute atomic E-state index is 8.83. The van der Waals surface area contributed by atoms with E-state index in [0.717, 1.165) is 0 Å². The van der Waals surface area contributed by atoms with Gasteiger partial charge in [0.15, 0.2) is 0 Å². The van der Waals surface area contributed by atoms with Crippen LogP contribution in [0.1, 0.15) is 0 Å². The second-order valence-corrected chi connectivity index (χ2v) is 0.379. The Kier molecular flexibility index (Phi) is 55.0. The van der Waals surface area contributed by atoms with Crippen LogP contribution in [0.4, 0.5) is 0 Å². The summed E-state index contributed by atoms with van der Waals surface area (Å²) in [6.07, 6.45) is 0. The van der Waals surface area contributed by atoms with Crippen LogP contribution in [0.2, 0.25) is 0 Å². The number of methoxy groups -OCH3 is 1. The largest absolute Gasteiger partial charge is 2.00 e. The molecular formula is C3H4O4U. The molecule has 0 aromatic heterocycles. The topological polar surface area (TPSA) is 63.6 Å². The summed E-state index contributed by atoms with van der Waals surface area (Å²) in [6.45, 7) is 1.68. The molecule has 0 unspecified atom stereocenters. The van der Waals surface area contributed by atoms with Crippen LogP contribution < -0.4 is 0 Å². The Morgan fingerprint density at radius 2 is 1.62 bits per heavy atom. The van der Waals surface area contributed by atoms with Crippen molar-refractivity contribution in [2.24, 2.45) is 0 Å². The molecule has 0 atom stereocenters. The Balaban J connectivity index is -0.0000000575. The molecule has 0 saturated carbocycles. The zero-order valence-corrected chi connectivity index (χ0v) is 8.34. The number of ether oxygens (including phenoxy) is 1. The molecule has 4 nitrogen and oxygen atoms in total. The van der Waals surface area contributed by atoms with Crippen molar-refractivity contribution in [2.75, 3.05) is 7.11 Å². The number of carbonyl (C=O) groups excluding carboxylic acids is 1. The van der Waals surface area contributed by atoms with Crippen molar-refractivity contribution < 1.29 is 50.5 Å². The van der Waals surface area contributed by atoms with Crippen LogP contribution in [0.25, 0.3) is 0 Å². The van der Waals surface area contributed by atoms with Gasteiger partial charge in [0.2, 0.25) is 0 Å². The molecule has 0 aliphatic heterocycles. The quantitative estimate of drug-likeness (QED) is 0.641. The van der Waals surface area contributed by atoms with Crippen LogP contribution >= 0.6 is 0 Å². The van der Waals surface area contributed by atoms with Crippen LogP contribution in [0, 0.1) is 31.1 Å². The van der Waals surface area contributed by atoms with Gasteiger partial charge in [0, 0.05) is 7.11 Å². The summed E-state index contributed by atoms with van der Waals surface area (Å²) in [5.74, 6) is 0. The zero-order valence-electron chi connectivity index (χ0n) is 4.17. The van der Waals surface area contributed by atoms with Gasteiger partial charge in [-0.1, -0.05) is 12.9 Å². The minimum absolute atomic E-state index is 0.